The Kier molecular flexibility index (Phi) is 11.7. The Bertz CT molecular complexity index is 2210. The monoisotopic (exact) mass is 874 g/mol. The number of hydrogen-bond acceptors (Lipinski definition) is 20. The van der Waals surface area contributed by atoms with E-state index < -0.39 is 158 Å². The van der Waals surface area contributed by atoms with Gasteiger partial charge in [-0.3, -0.25) is 37.4 Å². The summed E-state index contributed by atoms with van der Waals surface area (Å²) in [4.78, 5) is 48.0. The van der Waals surface area contributed by atoms with Crippen LogP contribution in [0.25, 0.3) is 10.8 Å². The molecule has 0 aromatic heterocycles. The quantitative estimate of drug-likeness (QED) is 0.0439. The van der Waals surface area contributed by atoms with E-state index in [0.29, 0.717) is 11.0 Å². The second kappa shape index (κ2) is 15.3. The molecular formula is C28H35N4O20PS3. The normalized spacial score (nSPS) is 34.8. The number of benzene rings is 2. The van der Waals surface area contributed by atoms with Gasteiger partial charge < -0.3 is 56.7 Å². The molecule has 2 saturated heterocycles. The number of carbonyl (C=O) groups excluding carboxylic acids is 3. The van der Waals surface area contributed by atoms with Gasteiger partial charge in [-0.05, 0) is 18.2 Å². The van der Waals surface area contributed by atoms with Gasteiger partial charge in [0.05, 0.1) is 39.6 Å². The summed E-state index contributed by atoms with van der Waals surface area (Å²) in [7, 11) is -14.8. The molecule has 3 fully saturated rings. The Morgan fingerprint density at radius 2 is 1.54 bits per heavy atom. The van der Waals surface area contributed by atoms with Crippen LogP contribution in [-0.2, 0) is 48.1 Å². The highest BCUT2D eigenvalue weighted by Gasteiger charge is 2.61. The topological polar surface area (TPSA) is 403 Å². The number of anilines is 1. The van der Waals surface area contributed by atoms with Crippen LogP contribution in [0.4, 0.5) is 5.69 Å². The molecular weight excluding hydrogens is 839 g/mol. The third kappa shape index (κ3) is 7.93. The van der Waals surface area contributed by atoms with Crippen LogP contribution in [0, 0.1) is 0 Å². The van der Waals surface area contributed by atoms with E-state index in [9.17, 15) is 75.3 Å². The van der Waals surface area contributed by atoms with E-state index in [-0.39, 0.29) is 16.9 Å². The summed E-state index contributed by atoms with van der Waals surface area (Å²) in [6.45, 7) is -0.927. The van der Waals surface area contributed by atoms with Gasteiger partial charge in [-0.25, -0.2) is 4.57 Å². The van der Waals surface area contributed by atoms with Gasteiger partial charge in [0.2, 0.25) is 5.91 Å². The molecule has 2 aromatic carbocycles. The molecule has 6 rings (SSSR count). The molecule has 24 nitrogen and oxygen atoms in total. The van der Waals surface area contributed by atoms with Crippen molar-refractivity contribution in [2.24, 2.45) is 5.73 Å². The van der Waals surface area contributed by atoms with Crippen molar-refractivity contribution in [2.75, 3.05) is 30.3 Å². The molecule has 1 unspecified atom stereocenters. The van der Waals surface area contributed by atoms with Gasteiger partial charge in [-0.1, -0.05) is 0 Å². The second-order valence-electron chi connectivity index (χ2n) is 13.1. The summed E-state index contributed by atoms with van der Waals surface area (Å²) in [5.41, 5.74) is 10.2. The number of aliphatic hydroxyl groups is 5. The number of rotatable bonds is 11. The molecule has 12 atom stereocenters. The standard InChI is InChI=1S/C28H35N4O20PS3/c29-16-9-3-8(55(43,44)45)4-10-15(9)11(5-13(16)56(46,47)48)27(40)32(26(10)39)2-1-31-14(33)7-54-6-12-18(34)19(35)17(30)28(49-12)50-23-21(37)20(36)22(38)24-25(23)52-53(41,42)51-24/h3-5,12,17-25,28,34-38H,1-2,6-7,29-30H2,(H,31,33)(H,41,42)(H,43,44,45)(H,46,47,48)/t12-,17-,18+,19+,20-,21+,22+,23-,24-,25-,28-/m0/s1. The molecule has 3 heterocycles. The van der Waals surface area contributed by atoms with E-state index in [0.717, 1.165) is 23.9 Å². The van der Waals surface area contributed by atoms with E-state index in [1.54, 1.807) is 0 Å². The third-order valence-electron chi connectivity index (χ3n) is 9.48. The SMILES string of the molecule is Nc1c(S(=O)(=O)O)cc2c3c(cc(S(=O)(=O)O)cc13)C(=O)N(CCNC(=O)CSC[C@@H]1O[C@@H](O[C@H]3[C@H](O)[C@H](O)[C@@H](O)[C@@H]4OP(=O)(O)O[C@@H]34)[C@@H](N)[C@@H](O)[C@@H]1O)C2=O. The lowest BCUT2D eigenvalue weighted by Crippen LogP contribution is -2.67. The van der Waals surface area contributed by atoms with E-state index in [1.165, 1.54) is 0 Å². The maximum absolute atomic E-state index is 13.4. The van der Waals surface area contributed by atoms with Crippen LogP contribution in [0.3, 0.4) is 0 Å². The first-order valence-electron chi connectivity index (χ1n) is 16.1. The first kappa shape index (κ1) is 42.7. The average Bonchev–Trinajstić information content (AvgIpc) is 3.44. The van der Waals surface area contributed by atoms with Crippen molar-refractivity contribution in [3.63, 3.8) is 0 Å². The number of fused-ring (bicyclic) bond motifs is 1. The van der Waals surface area contributed by atoms with Gasteiger partial charge in [0.15, 0.2) is 6.29 Å². The first-order chi connectivity index (χ1) is 25.9. The van der Waals surface area contributed by atoms with Crippen LogP contribution in [0.1, 0.15) is 20.7 Å². The number of carbonyl (C=O) groups is 3. The van der Waals surface area contributed by atoms with Crippen LogP contribution < -0.4 is 16.8 Å². The number of nitrogens with one attached hydrogen (secondary N) is 1. The fraction of sp³-hybridized carbons (Fsp3) is 0.536. The van der Waals surface area contributed by atoms with E-state index in [1.807, 2.05) is 0 Å². The highest BCUT2D eigenvalue weighted by atomic mass is 32.2. The Labute approximate surface area is 319 Å². The number of aliphatic hydroxyl groups excluding tert-OH is 5. The van der Waals surface area contributed by atoms with Crippen LogP contribution in [0.5, 0.6) is 0 Å². The number of hydrogen-bond donors (Lipinski definition) is 11. The molecule has 0 spiro atoms. The summed E-state index contributed by atoms with van der Waals surface area (Å²) < 4.78 is 100. The Balaban J connectivity index is 1.08. The summed E-state index contributed by atoms with van der Waals surface area (Å²) in [5.74, 6) is -3.40. The number of nitrogens with zero attached hydrogens (tertiary/aromatic N) is 1. The summed E-state index contributed by atoms with van der Waals surface area (Å²) in [5, 5.41) is 54.0. The number of phosphoric ester groups is 1. The number of nitrogen functional groups attached to an aromatic ring is 1. The Morgan fingerprint density at radius 3 is 2.16 bits per heavy atom. The lowest BCUT2D eigenvalue weighted by atomic mass is 9.84. The molecule has 4 aliphatic rings. The predicted molar refractivity (Wildman–Crippen MR) is 185 cm³/mol. The van der Waals surface area contributed by atoms with Crippen molar-refractivity contribution in [1.82, 2.24) is 10.2 Å². The molecule has 1 saturated carbocycles. The molecule has 0 bridgehead atoms. The largest absolute Gasteiger partial charge is 0.473 e. The average molecular weight is 875 g/mol. The van der Waals surface area contributed by atoms with Crippen LogP contribution >= 0.6 is 19.6 Å². The van der Waals surface area contributed by atoms with Gasteiger partial charge in [-0.15, -0.1) is 11.8 Å². The van der Waals surface area contributed by atoms with Crippen molar-refractivity contribution < 1.29 is 93.8 Å². The first-order valence-corrected chi connectivity index (χ1v) is 21.7. The van der Waals surface area contributed by atoms with Gasteiger partial charge in [-0.2, -0.15) is 16.8 Å². The van der Waals surface area contributed by atoms with Gasteiger partial charge in [0, 0.05) is 29.6 Å². The molecule has 13 N–H and O–H groups in total. The van der Waals surface area contributed by atoms with E-state index in [2.05, 4.69) is 5.32 Å². The number of imide groups is 1. The Hall–Kier alpha value is -2.93. The number of ether oxygens (including phenoxy) is 2. The predicted octanol–water partition coefficient (Wildman–Crippen LogP) is -4.50. The van der Waals surface area contributed by atoms with E-state index in [4.69, 9.17) is 30.0 Å². The van der Waals surface area contributed by atoms with Gasteiger partial charge >= 0.3 is 7.82 Å². The second-order valence-corrected chi connectivity index (χ2v) is 18.3. The zero-order valence-corrected chi connectivity index (χ0v) is 31.5. The number of phosphoric acid groups is 1. The maximum atomic E-state index is 13.4. The van der Waals surface area contributed by atoms with Crippen LogP contribution in [0.2, 0.25) is 0 Å². The number of nitrogens with two attached hydrogens (primary N) is 2. The molecule has 28 heteroatoms. The number of thioether (sulfide) groups is 1. The van der Waals surface area contributed by atoms with Crippen molar-refractivity contribution in [3.8, 4) is 0 Å². The highest BCUT2D eigenvalue weighted by Crippen LogP contribution is 2.56. The van der Waals surface area contributed by atoms with Crippen molar-refractivity contribution in [3.05, 3.63) is 29.3 Å². The van der Waals surface area contributed by atoms with Gasteiger partial charge in [0.25, 0.3) is 32.1 Å². The molecule has 310 valence electrons. The van der Waals surface area contributed by atoms with E-state index >= 15 is 0 Å². The number of amides is 3. The maximum Gasteiger partial charge on any atom is 0.473 e. The molecule has 0 radical (unpaired) electrons. The minimum absolute atomic E-state index is 0.205. The van der Waals surface area contributed by atoms with Crippen molar-refractivity contribution >= 4 is 74.0 Å². The van der Waals surface area contributed by atoms with Crippen LogP contribution in [0.15, 0.2) is 28.0 Å². The minimum Gasteiger partial charge on any atom is -0.397 e. The van der Waals surface area contributed by atoms with Crippen LogP contribution in [-0.4, -0.2) is 171 Å². The smallest absolute Gasteiger partial charge is 0.397 e. The fourth-order valence-electron chi connectivity index (χ4n) is 6.71. The summed E-state index contributed by atoms with van der Waals surface area (Å²) in [6, 6.07) is 0.702. The molecule has 2 aromatic rings. The molecule has 1 aliphatic carbocycles. The third-order valence-corrected chi connectivity index (χ3v) is 13.3. The molecule has 3 aliphatic heterocycles. The van der Waals surface area contributed by atoms with Gasteiger partial charge in [0.1, 0.15) is 53.7 Å². The summed E-state index contributed by atoms with van der Waals surface area (Å²) >= 11 is 0.861. The summed E-state index contributed by atoms with van der Waals surface area (Å²) in [6.07, 6.45) is -16.9. The fourth-order valence-corrected chi connectivity index (χ4v) is 9.96. The van der Waals surface area contributed by atoms with Crippen molar-refractivity contribution in [1.29, 1.82) is 0 Å². The lowest BCUT2D eigenvalue weighted by molar-refractivity contribution is -0.302. The zero-order valence-electron chi connectivity index (χ0n) is 28.2. The molecule has 56 heavy (non-hydrogen) atoms. The molecule has 3 amide bonds. The highest BCUT2D eigenvalue weighted by molar-refractivity contribution is 8.00. The van der Waals surface area contributed by atoms with Crippen molar-refractivity contribution in [2.45, 2.75) is 77.1 Å². The Morgan fingerprint density at radius 1 is 0.911 bits per heavy atom. The lowest BCUT2D eigenvalue weighted by Gasteiger charge is -2.46. The minimum atomic E-state index is -5.09. The zero-order chi connectivity index (χ0) is 41.4.